The fourth-order valence-corrected chi connectivity index (χ4v) is 3.55. The highest BCUT2D eigenvalue weighted by Crippen LogP contribution is 2.30. The summed E-state index contributed by atoms with van der Waals surface area (Å²) in [5.41, 5.74) is 11.1. The molecule has 0 spiro atoms. The molecule has 1 saturated heterocycles. The molecule has 2 heteroatoms. The van der Waals surface area contributed by atoms with Crippen molar-refractivity contribution in [2.45, 2.75) is 41.5 Å². The van der Waals surface area contributed by atoms with Crippen LogP contribution in [0.15, 0.2) is 24.3 Å². The molecule has 0 N–H and O–H groups in total. The summed E-state index contributed by atoms with van der Waals surface area (Å²) < 4.78 is 0. The monoisotopic (exact) mass is 308 g/mol. The van der Waals surface area contributed by atoms with E-state index < -0.39 is 0 Å². The van der Waals surface area contributed by atoms with Crippen LogP contribution in [0.4, 0.5) is 11.4 Å². The number of aryl methyl sites for hydroxylation is 6. The first-order valence-electron chi connectivity index (χ1n) is 8.52. The predicted octanol–water partition coefficient (Wildman–Crippen LogP) is 4.82. The zero-order valence-electron chi connectivity index (χ0n) is 15.3. The molecule has 0 atom stereocenters. The summed E-state index contributed by atoms with van der Waals surface area (Å²) >= 11 is 0. The molecule has 1 aliphatic rings. The lowest BCUT2D eigenvalue weighted by molar-refractivity contribution is 0.937. The maximum atomic E-state index is 2.51. The minimum atomic E-state index is 0.979. The van der Waals surface area contributed by atoms with Gasteiger partial charge in [-0.15, -0.1) is 0 Å². The Balaban J connectivity index is 1.87. The Morgan fingerprint density at radius 3 is 1.26 bits per heavy atom. The van der Waals surface area contributed by atoms with Gasteiger partial charge in [-0.2, -0.15) is 0 Å². The van der Waals surface area contributed by atoms with Gasteiger partial charge < -0.3 is 9.80 Å². The fourth-order valence-electron chi connectivity index (χ4n) is 3.55. The van der Waals surface area contributed by atoms with Crippen LogP contribution >= 0.6 is 0 Å². The van der Waals surface area contributed by atoms with Crippen molar-refractivity contribution < 1.29 is 0 Å². The van der Waals surface area contributed by atoms with Gasteiger partial charge in [-0.3, -0.25) is 0 Å². The predicted molar refractivity (Wildman–Crippen MR) is 101 cm³/mol. The Kier molecular flexibility index (Phi) is 4.09. The fraction of sp³-hybridized carbons (Fsp3) is 0.429. The van der Waals surface area contributed by atoms with Crippen LogP contribution in [0.1, 0.15) is 33.4 Å². The highest BCUT2D eigenvalue weighted by molar-refractivity contribution is 5.63. The molecule has 1 fully saturated rings. The van der Waals surface area contributed by atoms with E-state index in [9.17, 15) is 0 Å². The SMILES string of the molecule is Cc1cc(C)c(N2CCN(c3cc(C)c(C)cc3C)C2)cc1C. The van der Waals surface area contributed by atoms with Crippen LogP contribution in [0.2, 0.25) is 0 Å². The van der Waals surface area contributed by atoms with Gasteiger partial charge in [0.25, 0.3) is 0 Å². The lowest BCUT2D eigenvalue weighted by Gasteiger charge is -2.25. The Morgan fingerprint density at radius 2 is 0.870 bits per heavy atom. The molecule has 0 bridgehead atoms. The van der Waals surface area contributed by atoms with E-state index in [1.54, 1.807) is 0 Å². The lowest BCUT2D eigenvalue weighted by Crippen LogP contribution is -2.26. The summed E-state index contributed by atoms with van der Waals surface area (Å²) in [6, 6.07) is 9.33. The van der Waals surface area contributed by atoms with Gasteiger partial charge in [0.15, 0.2) is 0 Å². The van der Waals surface area contributed by atoms with Crippen LogP contribution in [0.5, 0.6) is 0 Å². The normalized spacial score (nSPS) is 14.7. The van der Waals surface area contributed by atoms with E-state index in [1.165, 1.54) is 44.8 Å². The highest BCUT2D eigenvalue weighted by Gasteiger charge is 2.23. The van der Waals surface area contributed by atoms with Crippen molar-refractivity contribution in [3.63, 3.8) is 0 Å². The highest BCUT2D eigenvalue weighted by atomic mass is 15.4. The second-order valence-electron chi connectivity index (χ2n) is 7.11. The molecule has 1 aliphatic heterocycles. The quantitative estimate of drug-likeness (QED) is 0.784. The van der Waals surface area contributed by atoms with E-state index in [1.807, 2.05) is 0 Å². The largest absolute Gasteiger partial charge is 0.352 e. The number of hydrogen-bond donors (Lipinski definition) is 0. The third-order valence-corrected chi connectivity index (χ3v) is 5.29. The second-order valence-corrected chi connectivity index (χ2v) is 7.11. The van der Waals surface area contributed by atoms with Gasteiger partial charge in [-0.1, -0.05) is 12.1 Å². The summed E-state index contributed by atoms with van der Waals surface area (Å²) in [6.07, 6.45) is 0. The van der Waals surface area contributed by atoms with Gasteiger partial charge in [-0.05, 0) is 87.1 Å². The van der Waals surface area contributed by atoms with Crippen LogP contribution < -0.4 is 9.80 Å². The minimum Gasteiger partial charge on any atom is -0.352 e. The molecule has 23 heavy (non-hydrogen) atoms. The molecule has 1 heterocycles. The smallest absolute Gasteiger partial charge is 0.0904 e. The van der Waals surface area contributed by atoms with Crippen molar-refractivity contribution in [3.8, 4) is 0 Å². The Labute approximate surface area is 140 Å². The molecular weight excluding hydrogens is 280 g/mol. The lowest BCUT2D eigenvalue weighted by atomic mass is 10.0. The zero-order valence-corrected chi connectivity index (χ0v) is 15.3. The van der Waals surface area contributed by atoms with Crippen LogP contribution in [0, 0.1) is 41.5 Å². The number of nitrogens with zero attached hydrogens (tertiary/aromatic N) is 2. The number of anilines is 2. The van der Waals surface area contributed by atoms with Crippen molar-refractivity contribution in [2.24, 2.45) is 0 Å². The summed E-state index contributed by atoms with van der Waals surface area (Å²) in [5.74, 6) is 0. The number of benzene rings is 2. The van der Waals surface area contributed by atoms with E-state index in [4.69, 9.17) is 0 Å². The van der Waals surface area contributed by atoms with E-state index in [0.29, 0.717) is 0 Å². The van der Waals surface area contributed by atoms with Gasteiger partial charge in [-0.25, -0.2) is 0 Å². The number of hydrogen-bond acceptors (Lipinski definition) is 2. The number of rotatable bonds is 2. The Hall–Kier alpha value is -1.96. The van der Waals surface area contributed by atoms with E-state index >= 15 is 0 Å². The molecular formula is C21H28N2. The average molecular weight is 308 g/mol. The van der Waals surface area contributed by atoms with Crippen LogP contribution in [-0.2, 0) is 0 Å². The maximum Gasteiger partial charge on any atom is 0.0904 e. The van der Waals surface area contributed by atoms with Crippen LogP contribution in [0.3, 0.4) is 0 Å². The van der Waals surface area contributed by atoms with Crippen molar-refractivity contribution in [3.05, 3.63) is 57.6 Å². The summed E-state index contributed by atoms with van der Waals surface area (Å²) in [6.45, 7) is 16.4. The first-order valence-corrected chi connectivity index (χ1v) is 8.52. The van der Waals surface area contributed by atoms with Gasteiger partial charge >= 0.3 is 0 Å². The molecule has 0 saturated carbocycles. The van der Waals surface area contributed by atoms with Crippen LogP contribution in [-0.4, -0.2) is 19.8 Å². The van der Waals surface area contributed by atoms with E-state index in [0.717, 1.165) is 19.8 Å². The van der Waals surface area contributed by atoms with Crippen molar-refractivity contribution in [2.75, 3.05) is 29.6 Å². The molecule has 0 unspecified atom stereocenters. The molecule has 2 aromatic rings. The topological polar surface area (TPSA) is 6.48 Å². The molecule has 2 aromatic carbocycles. The van der Waals surface area contributed by atoms with E-state index in [2.05, 4.69) is 75.6 Å². The third-order valence-electron chi connectivity index (χ3n) is 5.29. The Bertz CT molecular complexity index is 682. The van der Waals surface area contributed by atoms with E-state index in [-0.39, 0.29) is 0 Å². The Morgan fingerprint density at radius 1 is 0.522 bits per heavy atom. The molecule has 0 radical (unpaired) electrons. The second kappa shape index (κ2) is 5.92. The van der Waals surface area contributed by atoms with Gasteiger partial charge in [0, 0.05) is 24.5 Å². The van der Waals surface area contributed by atoms with Crippen LogP contribution in [0.25, 0.3) is 0 Å². The molecule has 3 rings (SSSR count). The molecule has 0 amide bonds. The summed E-state index contributed by atoms with van der Waals surface area (Å²) in [7, 11) is 0. The molecule has 122 valence electrons. The first kappa shape index (κ1) is 15.9. The zero-order chi connectivity index (χ0) is 16.7. The first-order chi connectivity index (χ1) is 10.9. The average Bonchev–Trinajstić information content (AvgIpc) is 2.96. The minimum absolute atomic E-state index is 0.979. The van der Waals surface area contributed by atoms with Gasteiger partial charge in [0.05, 0.1) is 6.67 Å². The van der Waals surface area contributed by atoms with Crippen molar-refractivity contribution in [1.82, 2.24) is 0 Å². The summed E-state index contributed by atoms with van der Waals surface area (Å²) in [4.78, 5) is 5.02. The maximum absolute atomic E-state index is 2.51. The summed E-state index contributed by atoms with van der Waals surface area (Å²) in [5, 5.41) is 0. The van der Waals surface area contributed by atoms with Gasteiger partial charge in [0.1, 0.15) is 0 Å². The molecule has 0 aromatic heterocycles. The third kappa shape index (κ3) is 2.95. The molecule has 0 aliphatic carbocycles. The van der Waals surface area contributed by atoms with Gasteiger partial charge in [0.2, 0.25) is 0 Å². The van der Waals surface area contributed by atoms with Crippen molar-refractivity contribution in [1.29, 1.82) is 0 Å². The standard InChI is InChI=1S/C21H28N2/c1-14-9-18(5)20(11-16(14)3)22-7-8-23(13-22)21-12-17(4)15(2)10-19(21)6/h9-12H,7-8,13H2,1-6H3. The molecule has 2 nitrogen and oxygen atoms in total. The van der Waals surface area contributed by atoms with Crippen molar-refractivity contribution >= 4 is 11.4 Å².